The number of carbonyl (C=O) groups is 1. The molecule has 1 aromatic rings. The molecule has 3 heteroatoms. The van der Waals surface area contributed by atoms with Crippen LogP contribution in [0.2, 0.25) is 0 Å². The molecule has 1 saturated carbocycles. The van der Waals surface area contributed by atoms with E-state index in [-0.39, 0.29) is 5.97 Å². The van der Waals surface area contributed by atoms with Gasteiger partial charge in [-0.2, -0.15) is 0 Å². The Morgan fingerprint density at radius 3 is 2.94 bits per heavy atom. The van der Waals surface area contributed by atoms with Crippen molar-refractivity contribution in [3.05, 3.63) is 29.1 Å². The highest BCUT2D eigenvalue weighted by Crippen LogP contribution is 2.40. The molecule has 1 heterocycles. The Bertz CT molecular complexity index is 466. The van der Waals surface area contributed by atoms with Gasteiger partial charge in [0.1, 0.15) is 0 Å². The van der Waals surface area contributed by atoms with Gasteiger partial charge >= 0.3 is 5.97 Å². The van der Waals surface area contributed by atoms with Crippen molar-refractivity contribution in [1.82, 2.24) is 4.98 Å². The highest BCUT2D eigenvalue weighted by molar-refractivity contribution is 5.89. The van der Waals surface area contributed by atoms with E-state index in [2.05, 4.69) is 11.1 Å². The van der Waals surface area contributed by atoms with E-state index in [1.165, 1.54) is 24.8 Å². The van der Waals surface area contributed by atoms with Gasteiger partial charge in [-0.3, -0.25) is 0 Å². The molecular formula is C15H19NO2. The number of ether oxygens (including phenoxy) is 1. The van der Waals surface area contributed by atoms with Gasteiger partial charge in [0.25, 0.3) is 0 Å². The maximum atomic E-state index is 11.9. The molecule has 0 aliphatic heterocycles. The van der Waals surface area contributed by atoms with Crippen LogP contribution in [-0.4, -0.2) is 17.6 Å². The Labute approximate surface area is 108 Å². The summed E-state index contributed by atoms with van der Waals surface area (Å²) in [7, 11) is 0. The molecule has 3 rings (SSSR count). The fourth-order valence-electron chi connectivity index (χ4n) is 2.99. The molecule has 0 aromatic carbocycles. The fourth-order valence-corrected chi connectivity index (χ4v) is 2.99. The molecule has 1 aromatic heterocycles. The molecule has 0 saturated heterocycles. The van der Waals surface area contributed by atoms with Gasteiger partial charge in [-0.25, -0.2) is 9.78 Å². The smallest absolute Gasteiger partial charge is 0.357 e. The number of nitrogens with zero attached hydrogens (tertiary/aromatic N) is 1. The van der Waals surface area contributed by atoms with Crippen LogP contribution in [0.1, 0.15) is 47.8 Å². The van der Waals surface area contributed by atoms with Crippen molar-refractivity contribution in [2.75, 3.05) is 6.61 Å². The van der Waals surface area contributed by atoms with E-state index in [4.69, 9.17) is 4.74 Å². The van der Waals surface area contributed by atoms with Gasteiger partial charge in [0.2, 0.25) is 0 Å². The third kappa shape index (κ3) is 2.26. The van der Waals surface area contributed by atoms with Gasteiger partial charge in [-0.05, 0) is 55.2 Å². The van der Waals surface area contributed by atoms with E-state index >= 15 is 0 Å². The van der Waals surface area contributed by atoms with E-state index in [1.807, 2.05) is 6.92 Å². The summed E-state index contributed by atoms with van der Waals surface area (Å²) in [5.41, 5.74) is 2.99. The van der Waals surface area contributed by atoms with Crippen LogP contribution >= 0.6 is 0 Å². The first kappa shape index (κ1) is 11.7. The largest absolute Gasteiger partial charge is 0.461 e. The van der Waals surface area contributed by atoms with Crippen LogP contribution in [0.4, 0.5) is 0 Å². The number of pyridine rings is 1. The lowest BCUT2D eigenvalue weighted by molar-refractivity contribution is 0.0518. The Kier molecular flexibility index (Phi) is 3.06. The first-order valence-electron chi connectivity index (χ1n) is 6.91. The van der Waals surface area contributed by atoms with Crippen LogP contribution < -0.4 is 0 Å². The maximum Gasteiger partial charge on any atom is 0.357 e. The summed E-state index contributed by atoms with van der Waals surface area (Å²) in [6.45, 7) is 2.24. The van der Waals surface area contributed by atoms with E-state index in [1.54, 1.807) is 6.20 Å². The Hall–Kier alpha value is -1.38. The van der Waals surface area contributed by atoms with Crippen LogP contribution in [0.25, 0.3) is 0 Å². The zero-order valence-corrected chi connectivity index (χ0v) is 10.8. The number of esters is 1. The van der Waals surface area contributed by atoms with Gasteiger partial charge < -0.3 is 4.74 Å². The number of carbonyl (C=O) groups excluding carboxylic acids is 1. The van der Waals surface area contributed by atoms with Crippen molar-refractivity contribution in [2.45, 2.75) is 39.0 Å². The second-order valence-corrected chi connectivity index (χ2v) is 5.47. The normalized spacial score (nSPS) is 21.7. The Morgan fingerprint density at radius 2 is 2.22 bits per heavy atom. The van der Waals surface area contributed by atoms with Gasteiger partial charge in [-0.15, -0.1) is 0 Å². The Morgan fingerprint density at radius 1 is 1.39 bits per heavy atom. The molecule has 96 valence electrons. The van der Waals surface area contributed by atoms with Gasteiger partial charge in [0.15, 0.2) is 5.69 Å². The zero-order chi connectivity index (χ0) is 12.5. The zero-order valence-electron chi connectivity index (χ0n) is 10.8. The summed E-state index contributed by atoms with van der Waals surface area (Å²) in [5, 5.41) is 0. The molecule has 1 fully saturated rings. The number of aromatic nitrogens is 1. The molecule has 0 N–H and O–H groups in total. The van der Waals surface area contributed by atoms with Crippen molar-refractivity contribution in [3.63, 3.8) is 0 Å². The van der Waals surface area contributed by atoms with Crippen LogP contribution in [0.5, 0.6) is 0 Å². The average Bonchev–Trinajstić information content (AvgIpc) is 3.06. The van der Waals surface area contributed by atoms with Crippen molar-refractivity contribution < 1.29 is 9.53 Å². The molecule has 2 aliphatic carbocycles. The molecule has 0 amide bonds. The summed E-state index contributed by atoms with van der Waals surface area (Å²) in [6.07, 6.45) is 7.97. The predicted molar refractivity (Wildman–Crippen MR) is 68.4 cm³/mol. The van der Waals surface area contributed by atoms with Crippen LogP contribution in [0, 0.1) is 11.8 Å². The molecule has 0 bridgehead atoms. The monoisotopic (exact) mass is 245 g/mol. The van der Waals surface area contributed by atoms with Crippen LogP contribution in [-0.2, 0) is 17.6 Å². The van der Waals surface area contributed by atoms with Crippen molar-refractivity contribution >= 4 is 5.97 Å². The number of rotatable bonds is 4. The van der Waals surface area contributed by atoms with Gasteiger partial charge in [-0.1, -0.05) is 12.8 Å². The van der Waals surface area contributed by atoms with Crippen molar-refractivity contribution in [3.8, 4) is 0 Å². The van der Waals surface area contributed by atoms with Gasteiger partial charge in [0.05, 0.1) is 6.61 Å². The number of hydrogen-bond donors (Lipinski definition) is 0. The first-order chi connectivity index (χ1) is 8.78. The molecular weight excluding hydrogens is 226 g/mol. The molecule has 1 atom stereocenters. The third-order valence-electron chi connectivity index (χ3n) is 3.99. The summed E-state index contributed by atoms with van der Waals surface area (Å²) >= 11 is 0. The summed E-state index contributed by atoms with van der Waals surface area (Å²) < 4.78 is 5.08. The molecule has 18 heavy (non-hydrogen) atoms. The van der Waals surface area contributed by atoms with E-state index < -0.39 is 0 Å². The topological polar surface area (TPSA) is 39.2 Å². The fraction of sp³-hybridized carbons (Fsp3) is 0.600. The van der Waals surface area contributed by atoms with Crippen LogP contribution in [0.3, 0.4) is 0 Å². The predicted octanol–water partition coefficient (Wildman–Crippen LogP) is 2.77. The van der Waals surface area contributed by atoms with Crippen LogP contribution in [0.15, 0.2) is 12.3 Å². The van der Waals surface area contributed by atoms with Crippen molar-refractivity contribution in [2.24, 2.45) is 11.8 Å². The SMILES string of the molecule is CCOC(=O)c1nccc2c1C[C@@H](CC1CC1)C2. The van der Waals surface area contributed by atoms with E-state index in [0.717, 1.165) is 24.3 Å². The summed E-state index contributed by atoms with van der Waals surface area (Å²) in [6, 6.07) is 2.06. The molecule has 0 radical (unpaired) electrons. The minimum Gasteiger partial charge on any atom is -0.461 e. The minimum absolute atomic E-state index is 0.263. The second-order valence-electron chi connectivity index (χ2n) is 5.47. The number of hydrogen-bond acceptors (Lipinski definition) is 3. The Balaban J connectivity index is 1.78. The maximum absolute atomic E-state index is 11.9. The van der Waals surface area contributed by atoms with Gasteiger partial charge in [0, 0.05) is 6.20 Å². The van der Waals surface area contributed by atoms with E-state index in [0.29, 0.717) is 18.2 Å². The second kappa shape index (κ2) is 4.71. The standard InChI is InChI=1S/C15H19NO2/c1-2-18-15(17)14-13-9-11(7-10-3-4-10)8-12(13)5-6-16-14/h5-6,10-11H,2-4,7-9H2,1H3/t11-/m0/s1. The lowest BCUT2D eigenvalue weighted by Gasteiger charge is -2.07. The van der Waals surface area contributed by atoms with E-state index in [9.17, 15) is 4.79 Å². The number of fused-ring (bicyclic) bond motifs is 1. The average molecular weight is 245 g/mol. The molecule has 0 unspecified atom stereocenters. The molecule has 2 aliphatic rings. The summed E-state index contributed by atoms with van der Waals surface area (Å²) in [4.78, 5) is 16.1. The quantitative estimate of drug-likeness (QED) is 0.766. The third-order valence-corrected chi connectivity index (χ3v) is 3.99. The highest BCUT2D eigenvalue weighted by Gasteiger charge is 2.32. The molecule has 3 nitrogen and oxygen atoms in total. The lowest BCUT2D eigenvalue weighted by atomic mass is 9.99. The van der Waals surface area contributed by atoms with Crippen molar-refractivity contribution in [1.29, 1.82) is 0 Å². The lowest BCUT2D eigenvalue weighted by Crippen LogP contribution is -2.10. The summed E-state index contributed by atoms with van der Waals surface area (Å²) in [5.74, 6) is 1.40. The first-order valence-corrected chi connectivity index (χ1v) is 6.91. The molecule has 0 spiro atoms. The highest BCUT2D eigenvalue weighted by atomic mass is 16.5. The minimum atomic E-state index is -0.263.